The van der Waals surface area contributed by atoms with Gasteiger partial charge in [0.25, 0.3) is 0 Å². The van der Waals surface area contributed by atoms with Crippen LogP contribution in [0.1, 0.15) is 56.2 Å². The molecule has 0 bridgehead atoms. The van der Waals surface area contributed by atoms with E-state index >= 15 is 0 Å². The molecule has 1 aliphatic heterocycles. The van der Waals surface area contributed by atoms with Crippen LogP contribution in [0.5, 0.6) is 0 Å². The molecule has 0 unspecified atom stereocenters. The van der Waals surface area contributed by atoms with Gasteiger partial charge in [-0.25, -0.2) is 4.98 Å². The molecule has 1 fully saturated rings. The predicted molar refractivity (Wildman–Crippen MR) is 69.4 cm³/mol. The standard InChI is InChI=1S/C14H20F3N3/c1-13(6-3-2-4-7-13)20-11-5-8-18-9-10(11)19-12(20)14(15,16)17/h18H,2-9H2,1H3. The lowest BCUT2D eigenvalue weighted by molar-refractivity contribution is -0.150. The van der Waals surface area contributed by atoms with Gasteiger partial charge in [0.05, 0.1) is 5.69 Å². The molecule has 0 radical (unpaired) electrons. The summed E-state index contributed by atoms with van der Waals surface area (Å²) in [6, 6.07) is 0. The van der Waals surface area contributed by atoms with Gasteiger partial charge in [0, 0.05) is 30.7 Å². The molecule has 2 heterocycles. The molecule has 3 rings (SSSR count). The Morgan fingerprint density at radius 1 is 1.20 bits per heavy atom. The van der Waals surface area contributed by atoms with Crippen molar-refractivity contribution in [2.45, 2.75) is 63.7 Å². The number of halogens is 3. The van der Waals surface area contributed by atoms with Crippen LogP contribution in [-0.2, 0) is 24.7 Å². The average Bonchev–Trinajstić information content (AvgIpc) is 2.79. The number of fused-ring (bicyclic) bond motifs is 1. The molecule has 1 aromatic rings. The number of alkyl halides is 3. The highest BCUT2D eigenvalue weighted by Crippen LogP contribution is 2.41. The van der Waals surface area contributed by atoms with Crippen LogP contribution in [0.3, 0.4) is 0 Å². The van der Waals surface area contributed by atoms with E-state index in [0.29, 0.717) is 18.7 Å². The van der Waals surface area contributed by atoms with E-state index in [4.69, 9.17) is 0 Å². The third kappa shape index (κ3) is 2.24. The van der Waals surface area contributed by atoms with Crippen LogP contribution in [-0.4, -0.2) is 16.1 Å². The Kier molecular flexibility index (Phi) is 3.31. The predicted octanol–water partition coefficient (Wildman–Crippen LogP) is 3.23. The van der Waals surface area contributed by atoms with Crippen molar-refractivity contribution in [1.29, 1.82) is 0 Å². The van der Waals surface area contributed by atoms with Crippen LogP contribution < -0.4 is 5.32 Å². The highest BCUT2D eigenvalue weighted by atomic mass is 19.4. The lowest BCUT2D eigenvalue weighted by atomic mass is 9.82. The summed E-state index contributed by atoms with van der Waals surface area (Å²) in [6.07, 6.45) is 0.998. The van der Waals surface area contributed by atoms with Crippen LogP contribution in [0.4, 0.5) is 13.2 Å². The van der Waals surface area contributed by atoms with Gasteiger partial charge in [-0.2, -0.15) is 13.2 Å². The third-order valence-electron chi connectivity index (χ3n) is 4.61. The second-order valence-corrected chi connectivity index (χ2v) is 6.15. The van der Waals surface area contributed by atoms with Crippen molar-refractivity contribution in [2.24, 2.45) is 0 Å². The Labute approximate surface area is 116 Å². The van der Waals surface area contributed by atoms with E-state index in [2.05, 4.69) is 10.3 Å². The zero-order valence-corrected chi connectivity index (χ0v) is 11.7. The first-order chi connectivity index (χ1) is 9.42. The zero-order valence-electron chi connectivity index (χ0n) is 11.7. The van der Waals surface area contributed by atoms with Crippen LogP contribution in [0.25, 0.3) is 0 Å². The maximum Gasteiger partial charge on any atom is 0.449 e. The van der Waals surface area contributed by atoms with Crippen LogP contribution in [0, 0.1) is 0 Å². The van der Waals surface area contributed by atoms with Gasteiger partial charge in [-0.3, -0.25) is 0 Å². The Balaban J connectivity index is 2.13. The van der Waals surface area contributed by atoms with Crippen molar-refractivity contribution in [3.8, 4) is 0 Å². The summed E-state index contributed by atoms with van der Waals surface area (Å²) < 4.78 is 41.6. The van der Waals surface area contributed by atoms with Crippen molar-refractivity contribution >= 4 is 0 Å². The Morgan fingerprint density at radius 2 is 1.90 bits per heavy atom. The molecular formula is C14H20F3N3. The van der Waals surface area contributed by atoms with E-state index < -0.39 is 17.5 Å². The molecular weight excluding hydrogens is 267 g/mol. The molecule has 1 N–H and O–H groups in total. The largest absolute Gasteiger partial charge is 0.449 e. The topological polar surface area (TPSA) is 29.9 Å². The monoisotopic (exact) mass is 287 g/mol. The lowest BCUT2D eigenvalue weighted by Crippen LogP contribution is -2.38. The SMILES string of the molecule is CC1(n2c(C(F)(F)F)nc3c2CCNC3)CCCCC1. The second kappa shape index (κ2) is 4.76. The van der Waals surface area contributed by atoms with Crippen LogP contribution >= 0.6 is 0 Å². The third-order valence-corrected chi connectivity index (χ3v) is 4.61. The van der Waals surface area contributed by atoms with Gasteiger partial charge in [-0.15, -0.1) is 0 Å². The van der Waals surface area contributed by atoms with E-state index in [1.165, 1.54) is 4.57 Å². The summed E-state index contributed by atoms with van der Waals surface area (Å²) in [5, 5.41) is 3.11. The summed E-state index contributed by atoms with van der Waals surface area (Å²) in [5.41, 5.74) is 0.942. The van der Waals surface area contributed by atoms with E-state index in [9.17, 15) is 13.2 Å². The number of imidazole rings is 1. The van der Waals surface area contributed by atoms with Crippen molar-refractivity contribution in [1.82, 2.24) is 14.9 Å². The molecule has 2 aliphatic rings. The molecule has 1 saturated carbocycles. The fraction of sp³-hybridized carbons (Fsp3) is 0.786. The Hall–Kier alpha value is -1.04. The Bertz CT molecular complexity index is 498. The molecule has 6 heteroatoms. The minimum absolute atomic E-state index is 0.430. The van der Waals surface area contributed by atoms with Crippen molar-refractivity contribution < 1.29 is 13.2 Å². The van der Waals surface area contributed by atoms with Crippen molar-refractivity contribution in [3.63, 3.8) is 0 Å². The average molecular weight is 287 g/mol. The number of nitrogens with zero attached hydrogens (tertiary/aromatic N) is 2. The van der Waals surface area contributed by atoms with E-state index in [1.807, 2.05) is 6.92 Å². The van der Waals surface area contributed by atoms with E-state index in [1.54, 1.807) is 0 Å². The minimum atomic E-state index is -4.38. The number of rotatable bonds is 1. The molecule has 0 amide bonds. The molecule has 20 heavy (non-hydrogen) atoms. The maximum absolute atomic E-state index is 13.4. The maximum atomic E-state index is 13.4. The van der Waals surface area contributed by atoms with Gasteiger partial charge < -0.3 is 9.88 Å². The first-order valence-electron chi connectivity index (χ1n) is 7.31. The fourth-order valence-corrected chi connectivity index (χ4v) is 3.62. The Morgan fingerprint density at radius 3 is 2.55 bits per heavy atom. The number of aromatic nitrogens is 2. The summed E-state index contributed by atoms with van der Waals surface area (Å²) >= 11 is 0. The summed E-state index contributed by atoms with van der Waals surface area (Å²) in [4.78, 5) is 3.92. The van der Waals surface area contributed by atoms with Gasteiger partial charge in [0.15, 0.2) is 0 Å². The fourth-order valence-electron chi connectivity index (χ4n) is 3.62. The highest BCUT2D eigenvalue weighted by molar-refractivity contribution is 5.24. The number of hydrogen-bond acceptors (Lipinski definition) is 2. The summed E-state index contributed by atoms with van der Waals surface area (Å²) in [5.74, 6) is -0.699. The lowest BCUT2D eigenvalue weighted by Gasteiger charge is -2.38. The molecule has 0 atom stereocenters. The zero-order chi connectivity index (χ0) is 14.4. The quantitative estimate of drug-likeness (QED) is 0.859. The smallest absolute Gasteiger partial charge is 0.318 e. The number of nitrogens with one attached hydrogen (secondary N) is 1. The van der Waals surface area contributed by atoms with Crippen molar-refractivity contribution in [3.05, 3.63) is 17.2 Å². The molecule has 1 aromatic heterocycles. The highest BCUT2D eigenvalue weighted by Gasteiger charge is 2.44. The molecule has 0 aromatic carbocycles. The van der Waals surface area contributed by atoms with Gasteiger partial charge in [0.2, 0.25) is 5.82 Å². The van der Waals surface area contributed by atoms with E-state index in [-0.39, 0.29) is 0 Å². The van der Waals surface area contributed by atoms with Crippen molar-refractivity contribution in [2.75, 3.05) is 6.54 Å². The van der Waals surface area contributed by atoms with Gasteiger partial charge in [0.1, 0.15) is 0 Å². The molecule has 112 valence electrons. The normalized spacial score (nSPS) is 22.6. The summed E-state index contributed by atoms with van der Waals surface area (Å²) in [6.45, 7) is 3.14. The van der Waals surface area contributed by atoms with Crippen LogP contribution in [0.2, 0.25) is 0 Å². The molecule has 3 nitrogen and oxygen atoms in total. The molecule has 1 aliphatic carbocycles. The molecule has 0 spiro atoms. The first kappa shape index (κ1) is 13.9. The van der Waals surface area contributed by atoms with Gasteiger partial charge >= 0.3 is 6.18 Å². The summed E-state index contributed by atoms with van der Waals surface area (Å²) in [7, 11) is 0. The van der Waals surface area contributed by atoms with E-state index in [0.717, 1.165) is 44.3 Å². The van der Waals surface area contributed by atoms with Gasteiger partial charge in [-0.1, -0.05) is 19.3 Å². The first-order valence-corrected chi connectivity index (χ1v) is 7.31. The van der Waals surface area contributed by atoms with Crippen LogP contribution in [0.15, 0.2) is 0 Å². The molecule has 0 saturated heterocycles. The van der Waals surface area contributed by atoms with Gasteiger partial charge in [-0.05, 0) is 19.8 Å². The minimum Gasteiger partial charge on any atom is -0.318 e. The second-order valence-electron chi connectivity index (χ2n) is 6.15. The number of hydrogen-bond donors (Lipinski definition) is 1.